The molecule has 0 aliphatic carbocycles. The summed E-state index contributed by atoms with van der Waals surface area (Å²) in [5.74, 6) is 2.26. The first kappa shape index (κ1) is 11.4. The number of anilines is 1. The van der Waals surface area contributed by atoms with Gasteiger partial charge in [0.25, 0.3) is 0 Å². The van der Waals surface area contributed by atoms with Crippen LogP contribution in [0.4, 0.5) is 5.95 Å². The maximum atomic E-state index is 4.46. The molecule has 0 amide bonds. The molecule has 0 atom stereocenters. The van der Waals surface area contributed by atoms with Crippen LogP contribution in [0.25, 0.3) is 0 Å². The first-order valence-electron chi connectivity index (χ1n) is 6.23. The van der Waals surface area contributed by atoms with Crippen LogP contribution in [0.15, 0.2) is 12.4 Å². The summed E-state index contributed by atoms with van der Waals surface area (Å²) in [7, 11) is 0. The van der Waals surface area contributed by atoms with Crippen LogP contribution in [0, 0.1) is 5.92 Å². The molecule has 1 aliphatic rings. The topological polar surface area (TPSA) is 29.0 Å². The van der Waals surface area contributed by atoms with Crippen LogP contribution in [0.2, 0.25) is 0 Å². The van der Waals surface area contributed by atoms with Crippen LogP contribution in [-0.4, -0.2) is 23.1 Å². The number of hydrogen-bond acceptors (Lipinski definition) is 3. The molecule has 88 valence electrons. The van der Waals surface area contributed by atoms with Gasteiger partial charge in [-0.05, 0) is 30.2 Å². The van der Waals surface area contributed by atoms with E-state index < -0.39 is 0 Å². The van der Waals surface area contributed by atoms with Gasteiger partial charge in [0, 0.05) is 25.5 Å². The van der Waals surface area contributed by atoms with E-state index in [0.29, 0.717) is 5.92 Å². The third-order valence-electron chi connectivity index (χ3n) is 3.39. The molecule has 2 heterocycles. The Morgan fingerprint density at radius 1 is 1.19 bits per heavy atom. The van der Waals surface area contributed by atoms with E-state index in [4.69, 9.17) is 0 Å². The molecule has 0 bridgehead atoms. The standard InChI is InChI=1S/C13H21N3/c1-10(2)12-8-14-13(15-9-12)16-6-4-11(3)5-7-16/h8-11H,4-7H2,1-3H3. The van der Waals surface area contributed by atoms with Gasteiger partial charge in [-0.3, -0.25) is 0 Å². The average Bonchev–Trinajstić information content (AvgIpc) is 2.30. The Kier molecular flexibility index (Phi) is 3.42. The number of rotatable bonds is 2. The molecule has 0 unspecified atom stereocenters. The molecule has 2 rings (SSSR count). The second kappa shape index (κ2) is 4.81. The number of aromatic nitrogens is 2. The zero-order valence-electron chi connectivity index (χ0n) is 10.5. The number of hydrogen-bond donors (Lipinski definition) is 0. The summed E-state index contributed by atoms with van der Waals surface area (Å²) in [5, 5.41) is 0. The maximum absolute atomic E-state index is 4.46. The van der Waals surface area contributed by atoms with Crippen molar-refractivity contribution in [3.8, 4) is 0 Å². The lowest BCUT2D eigenvalue weighted by Crippen LogP contribution is -2.34. The first-order chi connectivity index (χ1) is 7.66. The molecule has 1 saturated heterocycles. The SMILES string of the molecule is CC1CCN(c2ncc(C(C)C)cn2)CC1. The monoisotopic (exact) mass is 219 g/mol. The molecule has 0 radical (unpaired) electrons. The lowest BCUT2D eigenvalue weighted by molar-refractivity contribution is 0.434. The Bertz CT molecular complexity index is 324. The van der Waals surface area contributed by atoms with E-state index in [-0.39, 0.29) is 0 Å². The molecule has 1 aromatic rings. The van der Waals surface area contributed by atoms with Crippen molar-refractivity contribution in [2.45, 2.75) is 39.5 Å². The van der Waals surface area contributed by atoms with Crippen molar-refractivity contribution in [2.24, 2.45) is 5.92 Å². The quantitative estimate of drug-likeness (QED) is 0.766. The predicted molar refractivity (Wildman–Crippen MR) is 66.7 cm³/mol. The first-order valence-corrected chi connectivity index (χ1v) is 6.23. The van der Waals surface area contributed by atoms with E-state index in [1.807, 2.05) is 12.4 Å². The molecule has 3 heteroatoms. The summed E-state index contributed by atoms with van der Waals surface area (Å²) < 4.78 is 0. The molecule has 1 fully saturated rings. The normalized spacial score (nSPS) is 18.1. The average molecular weight is 219 g/mol. The van der Waals surface area contributed by atoms with Crippen LogP contribution < -0.4 is 4.90 Å². The molecular formula is C13H21N3. The Labute approximate surface area is 97.9 Å². The fourth-order valence-electron chi connectivity index (χ4n) is 2.00. The summed E-state index contributed by atoms with van der Waals surface area (Å²) in [4.78, 5) is 11.2. The Hall–Kier alpha value is -1.12. The van der Waals surface area contributed by atoms with Gasteiger partial charge < -0.3 is 4.90 Å². The lowest BCUT2D eigenvalue weighted by atomic mass is 10.00. The van der Waals surface area contributed by atoms with Gasteiger partial charge in [0.1, 0.15) is 0 Å². The van der Waals surface area contributed by atoms with E-state index in [1.165, 1.54) is 18.4 Å². The minimum Gasteiger partial charge on any atom is -0.341 e. The van der Waals surface area contributed by atoms with Gasteiger partial charge in [0.05, 0.1) is 0 Å². The zero-order chi connectivity index (χ0) is 11.5. The Morgan fingerprint density at radius 2 is 1.75 bits per heavy atom. The summed E-state index contributed by atoms with van der Waals surface area (Å²) in [6.07, 6.45) is 6.45. The molecule has 16 heavy (non-hydrogen) atoms. The van der Waals surface area contributed by atoms with Gasteiger partial charge in [-0.2, -0.15) is 0 Å². The third-order valence-corrected chi connectivity index (χ3v) is 3.39. The molecule has 0 spiro atoms. The summed E-state index contributed by atoms with van der Waals surface area (Å²) in [5.41, 5.74) is 1.22. The van der Waals surface area contributed by atoms with Gasteiger partial charge in [0.15, 0.2) is 0 Å². The van der Waals surface area contributed by atoms with Gasteiger partial charge in [-0.1, -0.05) is 20.8 Å². The Morgan fingerprint density at radius 3 is 2.25 bits per heavy atom. The number of nitrogens with zero attached hydrogens (tertiary/aromatic N) is 3. The van der Waals surface area contributed by atoms with Crippen molar-refractivity contribution >= 4 is 5.95 Å². The van der Waals surface area contributed by atoms with Gasteiger partial charge in [0.2, 0.25) is 5.95 Å². The molecule has 0 saturated carbocycles. The van der Waals surface area contributed by atoms with Crippen molar-refractivity contribution in [3.63, 3.8) is 0 Å². The zero-order valence-corrected chi connectivity index (χ0v) is 10.5. The van der Waals surface area contributed by atoms with Gasteiger partial charge in [-0.25, -0.2) is 9.97 Å². The second-order valence-electron chi connectivity index (χ2n) is 5.14. The van der Waals surface area contributed by atoms with E-state index in [9.17, 15) is 0 Å². The van der Waals surface area contributed by atoms with Crippen molar-refractivity contribution in [2.75, 3.05) is 18.0 Å². The van der Waals surface area contributed by atoms with E-state index in [1.54, 1.807) is 0 Å². The third kappa shape index (κ3) is 2.52. The predicted octanol–water partition coefficient (Wildman–Crippen LogP) is 2.84. The summed E-state index contributed by atoms with van der Waals surface area (Å²) >= 11 is 0. The second-order valence-corrected chi connectivity index (χ2v) is 5.14. The van der Waals surface area contributed by atoms with Crippen molar-refractivity contribution in [1.82, 2.24) is 9.97 Å². The van der Waals surface area contributed by atoms with Gasteiger partial charge >= 0.3 is 0 Å². The summed E-state index contributed by atoms with van der Waals surface area (Å²) in [6.45, 7) is 8.85. The highest BCUT2D eigenvalue weighted by atomic mass is 15.2. The van der Waals surface area contributed by atoms with E-state index >= 15 is 0 Å². The highest BCUT2D eigenvalue weighted by molar-refractivity contribution is 5.30. The van der Waals surface area contributed by atoms with Crippen molar-refractivity contribution < 1.29 is 0 Å². The highest BCUT2D eigenvalue weighted by Crippen LogP contribution is 2.20. The minimum atomic E-state index is 0.510. The maximum Gasteiger partial charge on any atom is 0.225 e. The highest BCUT2D eigenvalue weighted by Gasteiger charge is 2.17. The molecule has 1 aliphatic heterocycles. The largest absolute Gasteiger partial charge is 0.341 e. The van der Waals surface area contributed by atoms with Crippen molar-refractivity contribution in [1.29, 1.82) is 0 Å². The van der Waals surface area contributed by atoms with E-state index in [2.05, 4.69) is 35.6 Å². The fourth-order valence-corrected chi connectivity index (χ4v) is 2.00. The minimum absolute atomic E-state index is 0.510. The van der Waals surface area contributed by atoms with Crippen LogP contribution >= 0.6 is 0 Å². The lowest BCUT2D eigenvalue weighted by Gasteiger charge is -2.30. The van der Waals surface area contributed by atoms with Crippen molar-refractivity contribution in [3.05, 3.63) is 18.0 Å². The number of piperidine rings is 1. The fraction of sp³-hybridized carbons (Fsp3) is 0.692. The molecule has 0 aromatic carbocycles. The molecular weight excluding hydrogens is 198 g/mol. The molecule has 1 aromatic heterocycles. The van der Waals surface area contributed by atoms with Crippen LogP contribution in [0.1, 0.15) is 45.1 Å². The molecule has 0 N–H and O–H groups in total. The summed E-state index contributed by atoms with van der Waals surface area (Å²) in [6, 6.07) is 0. The van der Waals surface area contributed by atoms with E-state index in [0.717, 1.165) is 25.0 Å². The van der Waals surface area contributed by atoms with Crippen LogP contribution in [0.5, 0.6) is 0 Å². The van der Waals surface area contributed by atoms with Crippen LogP contribution in [-0.2, 0) is 0 Å². The smallest absolute Gasteiger partial charge is 0.225 e. The van der Waals surface area contributed by atoms with Crippen LogP contribution in [0.3, 0.4) is 0 Å². The Balaban J connectivity index is 2.04. The van der Waals surface area contributed by atoms with Gasteiger partial charge in [-0.15, -0.1) is 0 Å². The molecule has 3 nitrogen and oxygen atoms in total.